The molecule has 2 amide bonds. The van der Waals surface area contributed by atoms with E-state index in [9.17, 15) is 9.59 Å². The summed E-state index contributed by atoms with van der Waals surface area (Å²) in [5.74, 6) is -0.146. The van der Waals surface area contributed by atoms with Gasteiger partial charge in [-0.15, -0.1) is 11.6 Å². The zero-order valence-electron chi connectivity index (χ0n) is 8.59. The number of carbonyl (C=O) groups excluding carboxylic acids is 1. The monoisotopic (exact) mass is 236 g/mol. The molecule has 0 aromatic heterocycles. The average Bonchev–Trinajstić information content (AvgIpc) is 2.21. The van der Waals surface area contributed by atoms with Crippen molar-refractivity contribution in [2.45, 2.75) is 25.7 Å². The van der Waals surface area contributed by atoms with Gasteiger partial charge >= 0.3 is 6.09 Å². The van der Waals surface area contributed by atoms with Gasteiger partial charge in [0.15, 0.2) is 0 Å². The molecule has 0 aliphatic heterocycles. The van der Waals surface area contributed by atoms with E-state index in [4.69, 9.17) is 16.7 Å². The van der Waals surface area contributed by atoms with E-state index in [1.54, 1.807) is 0 Å². The van der Waals surface area contributed by atoms with Gasteiger partial charge < -0.3 is 15.7 Å². The van der Waals surface area contributed by atoms with Crippen LogP contribution in [0, 0.1) is 0 Å². The fourth-order valence-corrected chi connectivity index (χ4v) is 1.17. The van der Waals surface area contributed by atoms with Crippen molar-refractivity contribution in [3.63, 3.8) is 0 Å². The summed E-state index contributed by atoms with van der Waals surface area (Å²) in [5, 5.41) is 13.2. The lowest BCUT2D eigenvalue weighted by Crippen LogP contribution is -2.25. The second kappa shape index (κ2) is 9.58. The second-order valence-electron chi connectivity index (χ2n) is 3.13. The summed E-state index contributed by atoms with van der Waals surface area (Å²) in [6.07, 6.45) is 2.68. The van der Waals surface area contributed by atoms with E-state index >= 15 is 0 Å². The topological polar surface area (TPSA) is 78.4 Å². The molecule has 0 bridgehead atoms. The normalized spacial score (nSPS) is 9.67. The molecule has 88 valence electrons. The van der Waals surface area contributed by atoms with Gasteiger partial charge in [0.05, 0.1) is 0 Å². The van der Waals surface area contributed by atoms with Crippen LogP contribution in [0.15, 0.2) is 0 Å². The smallest absolute Gasteiger partial charge is 0.404 e. The maximum atomic E-state index is 10.7. The number of alkyl halides is 1. The van der Waals surface area contributed by atoms with E-state index in [-0.39, 0.29) is 11.8 Å². The minimum atomic E-state index is -0.982. The fourth-order valence-electron chi connectivity index (χ4n) is 1.07. The molecule has 5 nitrogen and oxygen atoms in total. The molecule has 0 aliphatic carbocycles. The van der Waals surface area contributed by atoms with Crippen molar-refractivity contribution in [3.8, 4) is 0 Å². The highest BCUT2D eigenvalue weighted by molar-refractivity contribution is 6.27. The maximum absolute atomic E-state index is 10.7. The minimum absolute atomic E-state index is 0.00251. The first-order chi connectivity index (χ1) is 7.16. The average molecular weight is 237 g/mol. The Labute approximate surface area is 94.2 Å². The van der Waals surface area contributed by atoms with Gasteiger partial charge in [-0.05, 0) is 12.8 Å². The Morgan fingerprint density at radius 1 is 1.00 bits per heavy atom. The Morgan fingerprint density at radius 2 is 1.53 bits per heavy atom. The number of hydrogen-bond acceptors (Lipinski definition) is 2. The summed E-state index contributed by atoms with van der Waals surface area (Å²) in [4.78, 5) is 20.8. The molecule has 0 aromatic carbocycles. The van der Waals surface area contributed by atoms with Gasteiger partial charge in [0.2, 0.25) is 5.91 Å². The molecule has 0 heterocycles. The van der Waals surface area contributed by atoms with Crippen molar-refractivity contribution < 1.29 is 14.7 Å². The third kappa shape index (κ3) is 11.0. The molecular formula is C9H17ClN2O3. The summed E-state index contributed by atoms with van der Waals surface area (Å²) in [5.41, 5.74) is 0. The molecule has 0 unspecified atom stereocenters. The van der Waals surface area contributed by atoms with Crippen molar-refractivity contribution in [1.82, 2.24) is 10.6 Å². The number of hydrogen-bond donors (Lipinski definition) is 3. The third-order valence-corrected chi connectivity index (χ3v) is 2.07. The molecule has 6 heteroatoms. The molecule has 0 aromatic rings. The van der Waals surface area contributed by atoms with E-state index in [2.05, 4.69) is 10.6 Å². The molecule has 0 atom stereocenters. The van der Waals surface area contributed by atoms with Crippen molar-refractivity contribution in [1.29, 1.82) is 0 Å². The number of amides is 2. The Morgan fingerprint density at radius 3 is 2.00 bits per heavy atom. The molecule has 15 heavy (non-hydrogen) atoms. The van der Waals surface area contributed by atoms with E-state index in [1.807, 2.05) is 0 Å². The molecule has 3 N–H and O–H groups in total. The Bertz CT molecular complexity index is 200. The summed E-state index contributed by atoms with van der Waals surface area (Å²) in [7, 11) is 0. The first-order valence-electron chi connectivity index (χ1n) is 4.96. The number of carbonyl (C=O) groups is 2. The van der Waals surface area contributed by atoms with Gasteiger partial charge in [0.25, 0.3) is 0 Å². The van der Waals surface area contributed by atoms with Crippen LogP contribution in [-0.4, -0.2) is 36.1 Å². The van der Waals surface area contributed by atoms with Crippen LogP contribution in [0.5, 0.6) is 0 Å². The molecular weight excluding hydrogens is 220 g/mol. The molecule has 0 spiro atoms. The van der Waals surface area contributed by atoms with Crippen LogP contribution < -0.4 is 10.6 Å². The van der Waals surface area contributed by atoms with Crippen LogP contribution in [0.25, 0.3) is 0 Å². The lowest BCUT2D eigenvalue weighted by molar-refractivity contribution is -0.118. The summed E-state index contributed by atoms with van der Waals surface area (Å²) < 4.78 is 0. The highest BCUT2D eigenvalue weighted by atomic mass is 35.5. The van der Waals surface area contributed by atoms with E-state index in [0.717, 1.165) is 25.7 Å². The molecule has 0 saturated heterocycles. The SMILES string of the molecule is O=C(O)NCCCCCCNC(=O)CCl. The van der Waals surface area contributed by atoms with Crippen LogP contribution in [0.3, 0.4) is 0 Å². The largest absolute Gasteiger partial charge is 0.465 e. The molecule has 0 saturated carbocycles. The van der Waals surface area contributed by atoms with Crippen LogP contribution in [-0.2, 0) is 4.79 Å². The van der Waals surface area contributed by atoms with Gasteiger partial charge in [0.1, 0.15) is 5.88 Å². The number of halogens is 1. The highest BCUT2D eigenvalue weighted by Gasteiger charge is 1.97. The fraction of sp³-hybridized carbons (Fsp3) is 0.778. The predicted octanol–water partition coefficient (Wildman–Crippen LogP) is 1.17. The van der Waals surface area contributed by atoms with Crippen LogP contribution >= 0.6 is 11.6 Å². The van der Waals surface area contributed by atoms with Crippen LogP contribution in [0.2, 0.25) is 0 Å². The molecule has 0 aliphatic rings. The lowest BCUT2D eigenvalue weighted by Gasteiger charge is -2.03. The van der Waals surface area contributed by atoms with E-state index < -0.39 is 6.09 Å². The number of rotatable bonds is 8. The van der Waals surface area contributed by atoms with Crippen LogP contribution in [0.4, 0.5) is 4.79 Å². The first kappa shape index (κ1) is 14.0. The van der Waals surface area contributed by atoms with Crippen molar-refractivity contribution >= 4 is 23.6 Å². The summed E-state index contributed by atoms with van der Waals surface area (Å²) >= 11 is 5.29. The molecule has 0 fully saturated rings. The van der Waals surface area contributed by atoms with Crippen molar-refractivity contribution in [2.24, 2.45) is 0 Å². The Balaban J connectivity index is 3.05. The zero-order chi connectivity index (χ0) is 11.5. The van der Waals surface area contributed by atoms with Gasteiger partial charge in [-0.25, -0.2) is 4.79 Å². The van der Waals surface area contributed by atoms with E-state index in [1.165, 1.54) is 0 Å². The number of unbranched alkanes of at least 4 members (excludes halogenated alkanes) is 3. The van der Waals surface area contributed by atoms with E-state index in [0.29, 0.717) is 13.1 Å². The van der Waals surface area contributed by atoms with Gasteiger partial charge in [0, 0.05) is 13.1 Å². The summed E-state index contributed by atoms with van der Waals surface area (Å²) in [6, 6.07) is 0. The van der Waals surface area contributed by atoms with Crippen molar-refractivity contribution in [2.75, 3.05) is 19.0 Å². The van der Waals surface area contributed by atoms with Crippen LogP contribution in [0.1, 0.15) is 25.7 Å². The number of nitrogens with one attached hydrogen (secondary N) is 2. The number of carboxylic acid groups (broad SMARTS) is 1. The van der Waals surface area contributed by atoms with Crippen molar-refractivity contribution in [3.05, 3.63) is 0 Å². The first-order valence-corrected chi connectivity index (χ1v) is 5.49. The quantitative estimate of drug-likeness (QED) is 0.437. The summed E-state index contributed by atoms with van der Waals surface area (Å²) in [6.45, 7) is 1.13. The molecule has 0 rings (SSSR count). The molecule has 0 radical (unpaired) electrons. The Hall–Kier alpha value is -0.970. The third-order valence-electron chi connectivity index (χ3n) is 1.82. The van der Waals surface area contributed by atoms with Gasteiger partial charge in [-0.2, -0.15) is 0 Å². The van der Waals surface area contributed by atoms with Gasteiger partial charge in [-0.1, -0.05) is 12.8 Å². The lowest BCUT2D eigenvalue weighted by atomic mass is 10.2. The zero-order valence-corrected chi connectivity index (χ0v) is 9.35. The highest BCUT2D eigenvalue weighted by Crippen LogP contribution is 1.97. The second-order valence-corrected chi connectivity index (χ2v) is 3.40. The maximum Gasteiger partial charge on any atom is 0.404 e. The van der Waals surface area contributed by atoms with Gasteiger partial charge in [-0.3, -0.25) is 4.79 Å². The standard InChI is InChI=1S/C9H17ClN2O3/c10-7-8(13)11-5-3-1-2-4-6-12-9(14)15/h12H,1-7H2,(H,11,13)(H,14,15). The predicted molar refractivity (Wildman–Crippen MR) is 58.2 cm³/mol. The Kier molecular flexibility index (Phi) is 8.96. The minimum Gasteiger partial charge on any atom is -0.465 e.